The van der Waals surface area contributed by atoms with Crippen LogP contribution in [0.4, 0.5) is 5.69 Å². The van der Waals surface area contributed by atoms with Crippen LogP contribution in [0.3, 0.4) is 0 Å². The topological polar surface area (TPSA) is 57.6 Å². The van der Waals surface area contributed by atoms with Gasteiger partial charge < -0.3 is 5.11 Å². The molecule has 2 aromatic rings. The van der Waals surface area contributed by atoms with E-state index in [1.165, 1.54) is 15.6 Å². The van der Waals surface area contributed by atoms with Crippen molar-refractivity contribution >= 4 is 27.0 Å². The maximum Gasteiger partial charge on any atom is 0.265 e. The minimum Gasteiger partial charge on any atom is -0.391 e. The Morgan fingerprint density at radius 1 is 1.19 bits per heavy atom. The van der Waals surface area contributed by atoms with Crippen LogP contribution >= 0.6 is 11.3 Å². The van der Waals surface area contributed by atoms with Gasteiger partial charge in [-0.2, -0.15) is 0 Å². The van der Waals surface area contributed by atoms with Gasteiger partial charge in [0.2, 0.25) is 0 Å². The highest BCUT2D eigenvalue weighted by Gasteiger charge is 2.26. The molecule has 0 atom stereocenters. The van der Waals surface area contributed by atoms with Crippen LogP contribution in [-0.4, -0.2) is 20.6 Å². The molecule has 1 aromatic heterocycles. The molecule has 0 bridgehead atoms. The number of thiophene rings is 1. The zero-order valence-electron chi connectivity index (χ0n) is 12.5. The van der Waals surface area contributed by atoms with Crippen molar-refractivity contribution in [1.82, 2.24) is 0 Å². The Morgan fingerprint density at radius 3 is 2.38 bits per heavy atom. The summed E-state index contributed by atoms with van der Waals surface area (Å²) in [6.07, 6.45) is 0. The molecule has 0 aliphatic carbocycles. The van der Waals surface area contributed by atoms with E-state index in [-0.39, 0.29) is 11.5 Å². The third kappa shape index (κ3) is 2.97. The van der Waals surface area contributed by atoms with Crippen molar-refractivity contribution in [2.75, 3.05) is 11.4 Å². The lowest BCUT2D eigenvalue weighted by molar-refractivity contribution is 0.285. The maximum absolute atomic E-state index is 12.8. The third-order valence-electron chi connectivity index (χ3n) is 3.41. The number of nitrogens with zero attached hydrogens (tertiary/aromatic N) is 1. The molecule has 6 heteroatoms. The van der Waals surface area contributed by atoms with E-state index >= 15 is 0 Å². The van der Waals surface area contributed by atoms with E-state index in [0.717, 1.165) is 11.1 Å². The van der Waals surface area contributed by atoms with Crippen LogP contribution in [0.2, 0.25) is 0 Å². The van der Waals surface area contributed by atoms with Crippen LogP contribution in [0, 0.1) is 20.8 Å². The summed E-state index contributed by atoms with van der Waals surface area (Å²) in [6.45, 7) is 5.48. The Morgan fingerprint density at radius 2 is 1.86 bits per heavy atom. The van der Waals surface area contributed by atoms with Gasteiger partial charge in [0.15, 0.2) is 0 Å². The van der Waals surface area contributed by atoms with Gasteiger partial charge in [0, 0.05) is 16.8 Å². The van der Waals surface area contributed by atoms with Crippen molar-refractivity contribution in [1.29, 1.82) is 0 Å². The molecule has 2 rings (SSSR count). The minimum atomic E-state index is -3.61. The van der Waals surface area contributed by atoms with E-state index in [4.69, 9.17) is 0 Å². The van der Waals surface area contributed by atoms with E-state index < -0.39 is 10.0 Å². The van der Waals surface area contributed by atoms with Crippen molar-refractivity contribution in [2.45, 2.75) is 32.3 Å². The van der Waals surface area contributed by atoms with Crippen LogP contribution in [0.5, 0.6) is 0 Å². The van der Waals surface area contributed by atoms with Crippen LogP contribution < -0.4 is 4.31 Å². The molecule has 0 amide bonds. The van der Waals surface area contributed by atoms with Crippen molar-refractivity contribution in [3.8, 4) is 0 Å². The zero-order valence-corrected chi connectivity index (χ0v) is 14.2. The quantitative estimate of drug-likeness (QED) is 0.940. The van der Waals surface area contributed by atoms with Crippen molar-refractivity contribution in [2.24, 2.45) is 0 Å². The zero-order chi connectivity index (χ0) is 15.8. The van der Waals surface area contributed by atoms with Gasteiger partial charge in [-0.15, -0.1) is 11.3 Å². The molecule has 0 aliphatic heterocycles. The largest absolute Gasteiger partial charge is 0.391 e. The molecule has 1 aromatic carbocycles. The number of hydrogen-bond acceptors (Lipinski definition) is 4. The lowest BCUT2D eigenvalue weighted by atomic mass is 10.1. The molecule has 4 nitrogen and oxygen atoms in total. The lowest BCUT2D eigenvalue weighted by Gasteiger charge is -2.21. The van der Waals surface area contributed by atoms with E-state index in [9.17, 15) is 13.5 Å². The van der Waals surface area contributed by atoms with Crippen LogP contribution in [0.25, 0.3) is 0 Å². The number of rotatable bonds is 4. The van der Waals surface area contributed by atoms with Crippen LogP contribution in [0.15, 0.2) is 29.2 Å². The third-order valence-corrected chi connectivity index (χ3v) is 6.47. The first-order valence-electron chi connectivity index (χ1n) is 6.53. The van der Waals surface area contributed by atoms with Gasteiger partial charge in [0.25, 0.3) is 10.0 Å². The molecule has 0 saturated carbocycles. The van der Waals surface area contributed by atoms with E-state index in [1.54, 1.807) is 20.0 Å². The second-order valence-corrected chi connectivity index (χ2v) is 8.33. The molecule has 0 aliphatic rings. The number of aryl methyl sites for hydroxylation is 3. The molecule has 114 valence electrons. The molecular formula is C15H19NO3S2. The highest BCUT2D eigenvalue weighted by molar-refractivity contribution is 7.93. The van der Waals surface area contributed by atoms with Gasteiger partial charge in [-0.25, -0.2) is 8.42 Å². The maximum atomic E-state index is 12.8. The lowest BCUT2D eigenvalue weighted by Crippen LogP contribution is -2.27. The van der Waals surface area contributed by atoms with E-state index in [2.05, 4.69) is 0 Å². The number of hydrogen-bond donors (Lipinski definition) is 1. The fraction of sp³-hybridized carbons (Fsp3) is 0.333. The summed E-state index contributed by atoms with van der Waals surface area (Å²) in [7, 11) is -2.06. The SMILES string of the molecule is Cc1ccc(N(C)S(=O)(=O)c2cc(CO)sc2C)c(C)c1. The molecular weight excluding hydrogens is 306 g/mol. The van der Waals surface area contributed by atoms with Crippen molar-refractivity contribution in [3.63, 3.8) is 0 Å². The summed E-state index contributed by atoms with van der Waals surface area (Å²) in [5.41, 5.74) is 2.67. The van der Waals surface area contributed by atoms with Gasteiger partial charge in [0.05, 0.1) is 12.3 Å². The van der Waals surface area contributed by atoms with Gasteiger partial charge in [-0.05, 0) is 38.5 Å². The molecule has 0 saturated heterocycles. The predicted molar refractivity (Wildman–Crippen MR) is 86.5 cm³/mol. The molecule has 21 heavy (non-hydrogen) atoms. The van der Waals surface area contributed by atoms with E-state index in [0.29, 0.717) is 15.4 Å². The summed E-state index contributed by atoms with van der Waals surface area (Å²) < 4.78 is 26.8. The summed E-state index contributed by atoms with van der Waals surface area (Å²) >= 11 is 1.30. The first-order valence-corrected chi connectivity index (χ1v) is 8.79. The molecule has 0 spiro atoms. The smallest absolute Gasteiger partial charge is 0.265 e. The van der Waals surface area contributed by atoms with Gasteiger partial charge in [-0.3, -0.25) is 4.31 Å². The minimum absolute atomic E-state index is 0.145. The summed E-state index contributed by atoms with van der Waals surface area (Å²) in [6, 6.07) is 7.22. The normalized spacial score (nSPS) is 11.7. The van der Waals surface area contributed by atoms with Gasteiger partial charge >= 0.3 is 0 Å². The second kappa shape index (κ2) is 5.79. The number of anilines is 1. The van der Waals surface area contributed by atoms with Gasteiger partial charge in [-0.1, -0.05) is 17.7 Å². The Labute approximate surface area is 129 Å². The summed E-state index contributed by atoms with van der Waals surface area (Å²) in [4.78, 5) is 1.61. The molecule has 0 unspecified atom stereocenters. The van der Waals surface area contributed by atoms with Crippen molar-refractivity contribution in [3.05, 3.63) is 45.1 Å². The average Bonchev–Trinajstić information content (AvgIpc) is 2.80. The Kier molecular flexibility index (Phi) is 4.41. The highest BCUT2D eigenvalue weighted by atomic mass is 32.2. The number of aliphatic hydroxyl groups excluding tert-OH is 1. The predicted octanol–water partition coefficient (Wildman–Crippen LogP) is 2.99. The molecule has 0 fully saturated rings. The standard InChI is InChI=1S/C15H19NO3S2/c1-10-5-6-14(11(2)7-10)16(4)21(18,19)15-8-13(9-17)20-12(15)3/h5-8,17H,9H2,1-4H3. The molecule has 0 radical (unpaired) electrons. The van der Waals surface area contributed by atoms with Crippen LogP contribution in [-0.2, 0) is 16.6 Å². The fourth-order valence-corrected chi connectivity index (χ4v) is 5.02. The first kappa shape index (κ1) is 16.0. The second-order valence-electron chi connectivity index (χ2n) is 5.05. The summed E-state index contributed by atoms with van der Waals surface area (Å²) in [5.74, 6) is 0. The Hall–Kier alpha value is -1.37. The number of aliphatic hydroxyl groups is 1. The van der Waals surface area contributed by atoms with Gasteiger partial charge in [0.1, 0.15) is 4.90 Å². The van der Waals surface area contributed by atoms with Crippen molar-refractivity contribution < 1.29 is 13.5 Å². The monoisotopic (exact) mass is 325 g/mol. The Bertz CT molecular complexity index is 763. The molecule has 1 N–H and O–H groups in total. The highest BCUT2D eigenvalue weighted by Crippen LogP contribution is 2.31. The first-order chi connectivity index (χ1) is 9.77. The summed E-state index contributed by atoms with van der Waals surface area (Å²) in [5, 5.41) is 9.17. The number of sulfonamides is 1. The average molecular weight is 325 g/mol. The van der Waals surface area contributed by atoms with E-state index in [1.807, 2.05) is 32.0 Å². The van der Waals surface area contributed by atoms with Crippen LogP contribution in [0.1, 0.15) is 20.9 Å². The Balaban J connectivity index is 2.49. The molecule has 1 heterocycles. The number of benzene rings is 1. The fourth-order valence-electron chi connectivity index (χ4n) is 2.29.